The van der Waals surface area contributed by atoms with Gasteiger partial charge in [0.1, 0.15) is 0 Å². The van der Waals surface area contributed by atoms with Gasteiger partial charge in [0.05, 0.1) is 6.10 Å². The molecule has 0 bridgehead atoms. The molecule has 0 N–H and O–H groups in total. The van der Waals surface area contributed by atoms with Gasteiger partial charge in [-0.2, -0.15) is 0 Å². The first-order valence-corrected chi connectivity index (χ1v) is 7.48. The van der Waals surface area contributed by atoms with Crippen molar-refractivity contribution < 1.29 is 32.6 Å². The average Bonchev–Trinajstić information content (AvgIpc) is 2.28. The van der Waals surface area contributed by atoms with Crippen molar-refractivity contribution in [1.82, 2.24) is 0 Å². The molecule has 0 aliphatic rings. The summed E-state index contributed by atoms with van der Waals surface area (Å²) in [4.78, 5) is 11.1. The SMILES string of the molecule is C/C=C/P(=O)(OCOCC)OCOC(=O)OC(C)C. The molecule has 0 spiro atoms. The van der Waals surface area contributed by atoms with E-state index in [0.29, 0.717) is 6.61 Å². The van der Waals surface area contributed by atoms with E-state index in [0.717, 1.165) is 0 Å². The van der Waals surface area contributed by atoms with E-state index in [1.807, 2.05) is 0 Å². The third-order valence-electron chi connectivity index (χ3n) is 1.59. The fourth-order valence-corrected chi connectivity index (χ4v) is 1.91. The summed E-state index contributed by atoms with van der Waals surface area (Å²) >= 11 is 0. The quantitative estimate of drug-likeness (QED) is 0.279. The molecule has 8 heteroatoms. The standard InChI is InChI=1S/C11H21O7P/c1-5-7-19(13,16-8-14-6-2)17-9-15-11(12)18-10(3)4/h5,7,10H,6,8-9H2,1-4H3/b7-5+. The van der Waals surface area contributed by atoms with Gasteiger partial charge in [-0.25, -0.2) is 4.79 Å². The second-order valence-corrected chi connectivity index (χ2v) is 5.46. The van der Waals surface area contributed by atoms with E-state index in [1.165, 1.54) is 11.9 Å². The van der Waals surface area contributed by atoms with E-state index in [4.69, 9.17) is 18.5 Å². The lowest BCUT2D eigenvalue weighted by atomic mass is 10.5. The van der Waals surface area contributed by atoms with Gasteiger partial charge in [-0.1, -0.05) is 6.08 Å². The summed E-state index contributed by atoms with van der Waals surface area (Å²) in [5.74, 6) is 1.25. The van der Waals surface area contributed by atoms with Crippen molar-refractivity contribution in [2.75, 3.05) is 20.2 Å². The van der Waals surface area contributed by atoms with Crippen LogP contribution in [0.15, 0.2) is 11.9 Å². The predicted octanol–water partition coefficient (Wildman–Crippen LogP) is 3.26. The van der Waals surface area contributed by atoms with E-state index in [9.17, 15) is 9.36 Å². The minimum absolute atomic E-state index is 0.172. The van der Waals surface area contributed by atoms with Crippen LogP contribution in [0.25, 0.3) is 0 Å². The van der Waals surface area contributed by atoms with Gasteiger partial charge in [-0.3, -0.25) is 13.6 Å². The molecule has 0 aromatic heterocycles. The van der Waals surface area contributed by atoms with E-state index >= 15 is 0 Å². The number of hydrogen-bond donors (Lipinski definition) is 0. The minimum atomic E-state index is -3.48. The van der Waals surface area contributed by atoms with Gasteiger partial charge in [0.15, 0.2) is 6.79 Å². The smallest absolute Gasteiger partial charge is 0.432 e. The summed E-state index contributed by atoms with van der Waals surface area (Å²) in [6.07, 6.45) is 0.315. The van der Waals surface area contributed by atoms with Crippen molar-refractivity contribution in [3.05, 3.63) is 11.9 Å². The van der Waals surface area contributed by atoms with Crippen molar-refractivity contribution in [1.29, 1.82) is 0 Å². The van der Waals surface area contributed by atoms with E-state index < -0.39 is 20.5 Å². The molecule has 0 amide bonds. The van der Waals surface area contributed by atoms with Crippen molar-refractivity contribution in [2.24, 2.45) is 0 Å². The Morgan fingerprint density at radius 3 is 2.42 bits per heavy atom. The molecular formula is C11H21O7P. The molecule has 1 unspecified atom stereocenters. The van der Waals surface area contributed by atoms with Gasteiger partial charge in [-0.05, 0) is 27.7 Å². The van der Waals surface area contributed by atoms with Crippen molar-refractivity contribution in [3.63, 3.8) is 0 Å². The Morgan fingerprint density at radius 1 is 1.26 bits per heavy atom. The normalized spacial score (nSPS) is 14.6. The zero-order valence-corrected chi connectivity index (χ0v) is 12.6. The summed E-state index contributed by atoms with van der Waals surface area (Å²) < 4.78 is 36.1. The van der Waals surface area contributed by atoms with Crippen LogP contribution >= 0.6 is 7.60 Å². The fourth-order valence-electron chi connectivity index (χ4n) is 0.874. The Hall–Kier alpha value is -0.880. The average molecular weight is 296 g/mol. The molecule has 0 aliphatic carbocycles. The molecule has 112 valence electrons. The molecule has 1 atom stereocenters. The van der Waals surface area contributed by atoms with Gasteiger partial charge < -0.3 is 14.2 Å². The number of allylic oxidation sites excluding steroid dienone is 1. The Labute approximate surface area is 113 Å². The highest BCUT2D eigenvalue weighted by atomic mass is 31.2. The molecule has 0 saturated carbocycles. The van der Waals surface area contributed by atoms with Crippen LogP contribution in [0.2, 0.25) is 0 Å². The van der Waals surface area contributed by atoms with E-state index in [2.05, 4.69) is 4.74 Å². The molecule has 19 heavy (non-hydrogen) atoms. The summed E-state index contributed by atoms with van der Waals surface area (Å²) in [6, 6.07) is 0. The number of ether oxygens (including phenoxy) is 3. The third-order valence-corrected chi connectivity index (χ3v) is 3.19. The fraction of sp³-hybridized carbons (Fsp3) is 0.727. The topological polar surface area (TPSA) is 80.3 Å². The van der Waals surface area contributed by atoms with Gasteiger partial charge in [-0.15, -0.1) is 0 Å². The first-order chi connectivity index (χ1) is 8.93. The van der Waals surface area contributed by atoms with Crippen LogP contribution in [0.4, 0.5) is 4.79 Å². The molecule has 0 rings (SSSR count). The van der Waals surface area contributed by atoms with Crippen molar-refractivity contribution in [2.45, 2.75) is 33.8 Å². The van der Waals surface area contributed by atoms with Crippen LogP contribution in [0.1, 0.15) is 27.7 Å². The lowest BCUT2D eigenvalue weighted by Crippen LogP contribution is -2.14. The van der Waals surface area contributed by atoms with Crippen LogP contribution in [-0.4, -0.2) is 32.5 Å². The number of carbonyl (C=O) groups excluding carboxylic acids is 1. The van der Waals surface area contributed by atoms with Crippen LogP contribution in [-0.2, 0) is 27.8 Å². The second kappa shape index (κ2) is 9.97. The predicted molar refractivity (Wildman–Crippen MR) is 68.7 cm³/mol. The highest BCUT2D eigenvalue weighted by Gasteiger charge is 2.21. The Morgan fingerprint density at radius 2 is 1.89 bits per heavy atom. The van der Waals surface area contributed by atoms with E-state index in [-0.39, 0.29) is 12.9 Å². The zero-order chi connectivity index (χ0) is 14.7. The molecular weight excluding hydrogens is 275 g/mol. The van der Waals surface area contributed by atoms with Gasteiger partial charge in [0.2, 0.25) is 6.79 Å². The van der Waals surface area contributed by atoms with Crippen LogP contribution in [0.5, 0.6) is 0 Å². The summed E-state index contributed by atoms with van der Waals surface area (Å²) in [7, 11) is -3.48. The van der Waals surface area contributed by atoms with Crippen LogP contribution in [0, 0.1) is 0 Å². The number of hydrogen-bond acceptors (Lipinski definition) is 7. The molecule has 0 aromatic carbocycles. The van der Waals surface area contributed by atoms with Crippen LogP contribution < -0.4 is 0 Å². The van der Waals surface area contributed by atoms with E-state index in [1.54, 1.807) is 27.7 Å². The molecule has 7 nitrogen and oxygen atoms in total. The lowest BCUT2D eigenvalue weighted by Gasteiger charge is -2.15. The summed E-state index contributed by atoms with van der Waals surface area (Å²) in [6.45, 7) is 6.51. The highest BCUT2D eigenvalue weighted by Crippen LogP contribution is 2.49. The van der Waals surface area contributed by atoms with Gasteiger partial charge in [0, 0.05) is 12.4 Å². The van der Waals surface area contributed by atoms with Crippen molar-refractivity contribution in [3.8, 4) is 0 Å². The molecule has 0 aliphatic heterocycles. The summed E-state index contributed by atoms with van der Waals surface area (Å²) in [5.41, 5.74) is 0. The molecule has 0 fully saturated rings. The largest absolute Gasteiger partial charge is 0.510 e. The minimum Gasteiger partial charge on any atom is -0.432 e. The first-order valence-electron chi connectivity index (χ1n) is 5.87. The van der Waals surface area contributed by atoms with Gasteiger partial charge >= 0.3 is 13.8 Å². The maximum absolute atomic E-state index is 12.0. The first kappa shape index (κ1) is 18.1. The number of rotatable bonds is 9. The Bertz CT molecular complexity index is 327. The molecule has 0 radical (unpaired) electrons. The monoisotopic (exact) mass is 296 g/mol. The maximum Gasteiger partial charge on any atom is 0.510 e. The molecule has 0 saturated heterocycles. The van der Waals surface area contributed by atoms with Crippen LogP contribution in [0.3, 0.4) is 0 Å². The lowest BCUT2D eigenvalue weighted by molar-refractivity contribution is -0.0250. The summed E-state index contributed by atoms with van der Waals surface area (Å²) in [5, 5.41) is 0. The Balaban J connectivity index is 4.13. The Kier molecular flexibility index (Phi) is 9.51. The van der Waals surface area contributed by atoms with Gasteiger partial charge in [0.25, 0.3) is 0 Å². The highest BCUT2D eigenvalue weighted by molar-refractivity contribution is 7.57. The third kappa shape index (κ3) is 9.67. The second-order valence-electron chi connectivity index (χ2n) is 3.57. The molecule has 0 aromatic rings. The van der Waals surface area contributed by atoms with Crippen molar-refractivity contribution >= 4 is 13.8 Å². The molecule has 0 heterocycles. The number of carbonyl (C=O) groups is 1. The maximum atomic E-state index is 12.0. The zero-order valence-electron chi connectivity index (χ0n) is 11.7.